The maximum atomic E-state index is 12.2. The van der Waals surface area contributed by atoms with Crippen molar-refractivity contribution in [1.29, 1.82) is 0 Å². The van der Waals surface area contributed by atoms with Gasteiger partial charge in [0.2, 0.25) is 0 Å². The van der Waals surface area contributed by atoms with Crippen molar-refractivity contribution in [3.63, 3.8) is 0 Å². The van der Waals surface area contributed by atoms with E-state index in [1.54, 1.807) is 0 Å². The molecule has 1 saturated carbocycles. The van der Waals surface area contributed by atoms with E-state index >= 15 is 0 Å². The van der Waals surface area contributed by atoms with E-state index in [-0.39, 0.29) is 23.7 Å². The maximum Gasteiger partial charge on any atom is 0.303 e. The molecule has 26 heavy (non-hydrogen) atoms. The molecule has 0 heterocycles. The fraction of sp³-hybridized carbons (Fsp3) is 0.714. The van der Waals surface area contributed by atoms with Crippen LogP contribution in [0.15, 0.2) is 24.3 Å². The summed E-state index contributed by atoms with van der Waals surface area (Å²) in [6.45, 7) is 6.99. The number of ketones is 1. The third-order valence-corrected chi connectivity index (χ3v) is 5.01. The van der Waals surface area contributed by atoms with Crippen LogP contribution in [-0.2, 0) is 14.3 Å². The highest BCUT2D eigenvalue weighted by Crippen LogP contribution is 2.34. The molecule has 1 unspecified atom stereocenters. The minimum Gasteiger partial charge on any atom is -0.481 e. The normalized spacial score (nSPS) is 22.5. The van der Waals surface area contributed by atoms with Crippen LogP contribution in [0, 0.1) is 17.3 Å². The lowest BCUT2D eigenvalue weighted by atomic mass is 9.85. The zero-order valence-electron chi connectivity index (χ0n) is 16.3. The highest BCUT2D eigenvalue weighted by Gasteiger charge is 2.33. The average Bonchev–Trinajstić information content (AvgIpc) is 2.93. The molecular weight excluding hydrogens is 332 g/mol. The number of ether oxygens (including phenoxy) is 1. The minimum absolute atomic E-state index is 0.00224. The molecule has 0 aromatic rings. The van der Waals surface area contributed by atoms with Crippen LogP contribution in [0.1, 0.15) is 59.3 Å². The minimum atomic E-state index is -0.795. The van der Waals surface area contributed by atoms with Gasteiger partial charge in [-0.05, 0) is 38.5 Å². The molecule has 1 fully saturated rings. The van der Waals surface area contributed by atoms with Crippen LogP contribution in [-0.4, -0.2) is 41.3 Å². The number of carbonyl (C=O) groups excluding carboxylic acids is 1. The van der Waals surface area contributed by atoms with E-state index in [0.29, 0.717) is 31.8 Å². The molecule has 5 nitrogen and oxygen atoms in total. The molecule has 0 spiro atoms. The van der Waals surface area contributed by atoms with Gasteiger partial charge in [-0.15, -0.1) is 0 Å². The van der Waals surface area contributed by atoms with Gasteiger partial charge in [-0.3, -0.25) is 9.59 Å². The van der Waals surface area contributed by atoms with E-state index in [2.05, 4.69) is 0 Å². The molecule has 0 saturated heterocycles. The Hall–Kier alpha value is -1.46. The molecule has 1 rings (SSSR count). The summed E-state index contributed by atoms with van der Waals surface area (Å²) in [6, 6.07) is 0. The summed E-state index contributed by atoms with van der Waals surface area (Å²) >= 11 is 0. The first-order chi connectivity index (χ1) is 12.3. The third-order valence-electron chi connectivity index (χ3n) is 5.01. The van der Waals surface area contributed by atoms with Gasteiger partial charge >= 0.3 is 5.97 Å². The van der Waals surface area contributed by atoms with Gasteiger partial charge in [0.1, 0.15) is 5.78 Å². The molecule has 0 bridgehead atoms. The Labute approximate surface area is 157 Å². The van der Waals surface area contributed by atoms with Crippen molar-refractivity contribution in [3.05, 3.63) is 24.3 Å². The molecule has 5 heteroatoms. The fourth-order valence-electron chi connectivity index (χ4n) is 3.22. The highest BCUT2D eigenvalue weighted by molar-refractivity contribution is 5.83. The van der Waals surface area contributed by atoms with Gasteiger partial charge in [0.05, 0.1) is 12.7 Å². The number of carbonyl (C=O) groups is 2. The Morgan fingerprint density at radius 2 is 2.04 bits per heavy atom. The molecule has 0 amide bonds. The number of aliphatic carboxylic acids is 1. The monoisotopic (exact) mass is 366 g/mol. The Bertz CT molecular complexity index is 507. The van der Waals surface area contributed by atoms with E-state index in [1.165, 1.54) is 0 Å². The Kier molecular flexibility index (Phi) is 9.81. The Morgan fingerprint density at radius 3 is 2.69 bits per heavy atom. The summed E-state index contributed by atoms with van der Waals surface area (Å²) in [5.74, 6) is -0.330. The van der Waals surface area contributed by atoms with Crippen LogP contribution in [0.4, 0.5) is 0 Å². The van der Waals surface area contributed by atoms with Crippen LogP contribution >= 0.6 is 0 Å². The second kappa shape index (κ2) is 11.3. The summed E-state index contributed by atoms with van der Waals surface area (Å²) in [4.78, 5) is 22.6. The molecule has 0 aliphatic heterocycles. The zero-order valence-corrected chi connectivity index (χ0v) is 16.3. The van der Waals surface area contributed by atoms with Crippen molar-refractivity contribution in [2.24, 2.45) is 17.3 Å². The lowest BCUT2D eigenvalue weighted by molar-refractivity contribution is -0.136. The van der Waals surface area contributed by atoms with Gasteiger partial charge in [-0.25, -0.2) is 0 Å². The number of carboxylic acids is 1. The Balaban J connectivity index is 2.51. The lowest BCUT2D eigenvalue weighted by Crippen LogP contribution is -2.32. The number of aliphatic hydroxyl groups excluding tert-OH is 1. The Morgan fingerprint density at radius 1 is 1.35 bits per heavy atom. The van der Waals surface area contributed by atoms with Crippen molar-refractivity contribution < 1.29 is 24.5 Å². The van der Waals surface area contributed by atoms with Crippen molar-refractivity contribution >= 4 is 11.8 Å². The molecule has 0 aromatic carbocycles. The molecule has 0 aromatic heterocycles. The molecule has 0 radical (unpaired) electrons. The first-order valence-electron chi connectivity index (χ1n) is 9.61. The second-order valence-corrected chi connectivity index (χ2v) is 7.71. The van der Waals surface area contributed by atoms with Gasteiger partial charge in [0.15, 0.2) is 0 Å². The summed E-state index contributed by atoms with van der Waals surface area (Å²) < 4.78 is 5.44. The number of hydrogen-bond donors (Lipinski definition) is 2. The molecule has 1 aliphatic carbocycles. The first-order valence-corrected chi connectivity index (χ1v) is 9.61. The van der Waals surface area contributed by atoms with Crippen LogP contribution in [0.5, 0.6) is 0 Å². The van der Waals surface area contributed by atoms with Gasteiger partial charge in [-0.1, -0.05) is 38.2 Å². The van der Waals surface area contributed by atoms with E-state index in [1.807, 2.05) is 45.1 Å². The number of allylic oxidation sites excluding steroid dienone is 3. The lowest BCUT2D eigenvalue weighted by Gasteiger charge is -2.28. The van der Waals surface area contributed by atoms with Gasteiger partial charge in [0, 0.05) is 30.8 Å². The van der Waals surface area contributed by atoms with Crippen LogP contribution in [0.3, 0.4) is 0 Å². The highest BCUT2D eigenvalue weighted by atomic mass is 16.5. The van der Waals surface area contributed by atoms with E-state index < -0.39 is 12.1 Å². The number of aliphatic hydroxyl groups is 1. The number of rotatable bonds is 12. The van der Waals surface area contributed by atoms with Gasteiger partial charge in [0.25, 0.3) is 0 Å². The number of hydrogen-bond acceptors (Lipinski definition) is 4. The van der Waals surface area contributed by atoms with Crippen molar-refractivity contribution in [1.82, 2.24) is 0 Å². The summed E-state index contributed by atoms with van der Waals surface area (Å²) in [6.07, 6.45) is 10.7. The van der Waals surface area contributed by atoms with Crippen LogP contribution in [0.25, 0.3) is 0 Å². The summed E-state index contributed by atoms with van der Waals surface area (Å²) in [5.41, 5.74) is -0.364. The smallest absolute Gasteiger partial charge is 0.303 e. The predicted octanol–water partition coefficient (Wildman–Crippen LogP) is 3.76. The average molecular weight is 366 g/mol. The van der Waals surface area contributed by atoms with Crippen LogP contribution in [0.2, 0.25) is 0 Å². The standard InChI is InChI=1S/C21H34O5/c1-4-26-15-21(2,3)19(23)14-12-16-11-13-18(22)17(16)9-7-5-6-8-10-20(24)25/h5-6,12,14,16-17,19,23H,4,7-11,13,15H2,1-3H3,(H,24,25)/b6-5?,14-12+/t16-,17+,19?/m1/s1. The van der Waals surface area contributed by atoms with Crippen molar-refractivity contribution in [2.45, 2.75) is 65.4 Å². The number of carboxylic acid groups (broad SMARTS) is 1. The SMILES string of the molecule is CCOCC(C)(C)C(O)/C=C/[C@H]1CCC(=O)[C@H]1CCC=CCCC(=O)O. The molecule has 148 valence electrons. The summed E-state index contributed by atoms with van der Waals surface area (Å²) in [5, 5.41) is 19.0. The maximum absolute atomic E-state index is 12.2. The summed E-state index contributed by atoms with van der Waals surface area (Å²) in [7, 11) is 0. The third kappa shape index (κ3) is 7.83. The van der Waals surface area contributed by atoms with E-state index in [9.17, 15) is 14.7 Å². The number of Topliss-reactive ketones (excluding diaryl/α,β-unsaturated/α-hetero) is 1. The van der Waals surface area contributed by atoms with Crippen LogP contribution < -0.4 is 0 Å². The fourth-order valence-corrected chi connectivity index (χ4v) is 3.22. The van der Waals surface area contributed by atoms with E-state index in [4.69, 9.17) is 9.84 Å². The van der Waals surface area contributed by atoms with Gasteiger partial charge < -0.3 is 14.9 Å². The molecule has 2 N–H and O–H groups in total. The quantitative estimate of drug-likeness (QED) is 0.514. The molecule has 3 atom stereocenters. The zero-order chi connectivity index (χ0) is 19.6. The largest absolute Gasteiger partial charge is 0.481 e. The van der Waals surface area contributed by atoms with Gasteiger partial charge in [-0.2, -0.15) is 0 Å². The topological polar surface area (TPSA) is 83.8 Å². The predicted molar refractivity (Wildman–Crippen MR) is 102 cm³/mol. The second-order valence-electron chi connectivity index (χ2n) is 7.71. The van der Waals surface area contributed by atoms with Crippen molar-refractivity contribution in [2.75, 3.05) is 13.2 Å². The van der Waals surface area contributed by atoms with Crippen molar-refractivity contribution in [3.8, 4) is 0 Å². The first kappa shape index (κ1) is 22.6. The molecule has 1 aliphatic rings. The molecular formula is C21H34O5. The van der Waals surface area contributed by atoms with E-state index in [0.717, 1.165) is 19.3 Å².